The van der Waals surface area contributed by atoms with Crippen LogP contribution in [0.1, 0.15) is 44.2 Å². The van der Waals surface area contributed by atoms with Crippen molar-refractivity contribution in [3.05, 3.63) is 29.3 Å². The van der Waals surface area contributed by atoms with E-state index in [4.69, 9.17) is 9.47 Å². The van der Waals surface area contributed by atoms with Crippen LogP contribution in [-0.2, 0) is 4.74 Å². The van der Waals surface area contributed by atoms with Crippen LogP contribution in [0.3, 0.4) is 0 Å². The summed E-state index contributed by atoms with van der Waals surface area (Å²) in [7, 11) is 0. The van der Waals surface area contributed by atoms with Gasteiger partial charge in [0.05, 0.1) is 25.3 Å². The highest BCUT2D eigenvalue weighted by Gasteiger charge is 2.30. The third kappa shape index (κ3) is 5.76. The molecule has 1 saturated heterocycles. The van der Waals surface area contributed by atoms with Gasteiger partial charge in [0.1, 0.15) is 25.0 Å². The molecule has 0 radical (unpaired) electrons. The van der Waals surface area contributed by atoms with E-state index < -0.39 is 6.10 Å². The molecular weight excluding hydrogens is 302 g/mol. The number of benzene rings is 1. The number of nitrogens with one attached hydrogen (secondary N) is 1. The maximum Gasteiger partial charge on any atom is 0.126 e. The number of hydrogen-bond acceptors (Lipinski definition) is 3. The number of piperidine rings is 1. The zero-order valence-corrected chi connectivity index (χ0v) is 15.7. The molecule has 0 saturated carbocycles. The molecule has 1 aromatic carbocycles. The highest BCUT2D eigenvalue weighted by atomic mass is 16.5. The molecule has 1 aromatic rings. The third-order valence-electron chi connectivity index (χ3n) is 5.30. The summed E-state index contributed by atoms with van der Waals surface area (Å²) in [6.45, 7) is 10.9. The van der Waals surface area contributed by atoms with E-state index in [1.807, 2.05) is 12.1 Å². The van der Waals surface area contributed by atoms with Crippen molar-refractivity contribution in [2.24, 2.45) is 0 Å². The first kappa shape index (κ1) is 19.2. The summed E-state index contributed by atoms with van der Waals surface area (Å²) < 4.78 is 11.3. The molecular formula is C20H34NO3+. The van der Waals surface area contributed by atoms with Gasteiger partial charge in [-0.15, -0.1) is 0 Å². The standard InChI is InChI=1S/C20H33NO3/c1-15-8-9-20(12-16(15)2)24-11-10-23-14-19(22)13-21-17(3)6-5-7-18(21)4/h8-9,12,17-19,22H,5-7,10-11,13-14H2,1-4H3/p+1/t17-,18+,19-/m1/s1. The molecule has 0 aliphatic carbocycles. The van der Waals surface area contributed by atoms with Gasteiger partial charge < -0.3 is 19.5 Å². The average Bonchev–Trinajstić information content (AvgIpc) is 2.54. The summed E-state index contributed by atoms with van der Waals surface area (Å²) in [4.78, 5) is 1.52. The van der Waals surface area contributed by atoms with E-state index >= 15 is 0 Å². The highest BCUT2D eigenvalue weighted by Crippen LogP contribution is 2.16. The van der Waals surface area contributed by atoms with Gasteiger partial charge in [-0.1, -0.05) is 6.07 Å². The minimum atomic E-state index is -0.399. The summed E-state index contributed by atoms with van der Waals surface area (Å²) in [6.07, 6.45) is 3.44. The van der Waals surface area contributed by atoms with Gasteiger partial charge in [-0.2, -0.15) is 0 Å². The number of aliphatic hydroxyl groups excluding tert-OH is 1. The van der Waals surface area contributed by atoms with E-state index in [2.05, 4.69) is 33.8 Å². The predicted molar refractivity (Wildman–Crippen MR) is 96.8 cm³/mol. The van der Waals surface area contributed by atoms with Crippen LogP contribution in [0.4, 0.5) is 0 Å². The minimum absolute atomic E-state index is 0.388. The van der Waals surface area contributed by atoms with Gasteiger partial charge in [0.15, 0.2) is 0 Å². The molecule has 0 spiro atoms. The first-order valence-electron chi connectivity index (χ1n) is 9.28. The van der Waals surface area contributed by atoms with Gasteiger partial charge in [-0.25, -0.2) is 0 Å². The second-order valence-corrected chi connectivity index (χ2v) is 7.34. The SMILES string of the molecule is Cc1ccc(OCCOC[C@H](O)C[NH+]2[C@H](C)CCC[C@@H]2C)cc1C. The summed E-state index contributed by atoms with van der Waals surface area (Å²) in [5.74, 6) is 0.877. The molecule has 4 nitrogen and oxygen atoms in total. The Bertz CT molecular complexity index is 496. The smallest absolute Gasteiger partial charge is 0.126 e. The topological polar surface area (TPSA) is 43.1 Å². The predicted octanol–water partition coefficient (Wildman–Crippen LogP) is 1.91. The molecule has 24 heavy (non-hydrogen) atoms. The molecule has 0 bridgehead atoms. The minimum Gasteiger partial charge on any atom is -0.491 e. The van der Waals surface area contributed by atoms with E-state index in [0.717, 1.165) is 12.3 Å². The summed E-state index contributed by atoms with van der Waals surface area (Å²) in [6, 6.07) is 7.37. The van der Waals surface area contributed by atoms with E-state index in [0.29, 0.717) is 31.9 Å². The Hall–Kier alpha value is -1.10. The molecule has 136 valence electrons. The van der Waals surface area contributed by atoms with Crippen molar-refractivity contribution in [1.82, 2.24) is 0 Å². The molecule has 1 aliphatic heterocycles. The third-order valence-corrected chi connectivity index (χ3v) is 5.30. The van der Waals surface area contributed by atoms with Crippen LogP contribution in [0.5, 0.6) is 5.75 Å². The van der Waals surface area contributed by atoms with Crippen molar-refractivity contribution in [2.45, 2.75) is 65.1 Å². The Labute approximate surface area is 146 Å². The average molecular weight is 336 g/mol. The second kappa shape index (κ2) is 9.40. The van der Waals surface area contributed by atoms with E-state index in [-0.39, 0.29) is 0 Å². The largest absolute Gasteiger partial charge is 0.491 e. The van der Waals surface area contributed by atoms with E-state index in [9.17, 15) is 5.11 Å². The van der Waals surface area contributed by atoms with Gasteiger partial charge >= 0.3 is 0 Å². The van der Waals surface area contributed by atoms with E-state index in [1.54, 1.807) is 0 Å². The molecule has 0 aromatic heterocycles. The molecule has 1 unspecified atom stereocenters. The molecule has 4 atom stereocenters. The molecule has 1 aliphatic rings. The van der Waals surface area contributed by atoms with Crippen LogP contribution in [-0.4, -0.2) is 49.7 Å². The number of aryl methyl sites for hydroxylation is 2. The van der Waals surface area contributed by atoms with Crippen molar-refractivity contribution in [3.8, 4) is 5.75 Å². The van der Waals surface area contributed by atoms with Gasteiger partial charge in [0, 0.05) is 0 Å². The quantitative estimate of drug-likeness (QED) is 0.713. The second-order valence-electron chi connectivity index (χ2n) is 7.34. The monoisotopic (exact) mass is 336 g/mol. The Balaban J connectivity index is 1.62. The fraction of sp³-hybridized carbons (Fsp3) is 0.700. The zero-order valence-electron chi connectivity index (χ0n) is 15.7. The highest BCUT2D eigenvalue weighted by molar-refractivity contribution is 5.33. The van der Waals surface area contributed by atoms with E-state index in [1.165, 1.54) is 35.3 Å². The summed E-state index contributed by atoms with van der Waals surface area (Å²) in [5, 5.41) is 10.2. The lowest BCUT2D eigenvalue weighted by Gasteiger charge is -2.36. The Morgan fingerprint density at radius 1 is 1.12 bits per heavy atom. The lowest BCUT2D eigenvalue weighted by molar-refractivity contribution is -0.954. The van der Waals surface area contributed by atoms with Crippen LogP contribution >= 0.6 is 0 Å². The molecule has 4 heteroatoms. The number of likely N-dealkylation sites (tertiary alicyclic amines) is 1. The van der Waals surface area contributed by atoms with Crippen molar-refractivity contribution in [1.29, 1.82) is 0 Å². The van der Waals surface area contributed by atoms with Gasteiger partial charge in [0.2, 0.25) is 0 Å². The van der Waals surface area contributed by atoms with Gasteiger partial charge in [-0.05, 0) is 70.2 Å². The van der Waals surface area contributed by atoms with Gasteiger partial charge in [-0.3, -0.25) is 0 Å². The van der Waals surface area contributed by atoms with Gasteiger partial charge in [0.25, 0.3) is 0 Å². The molecule has 0 amide bonds. The summed E-state index contributed by atoms with van der Waals surface area (Å²) >= 11 is 0. The number of ether oxygens (including phenoxy) is 2. The van der Waals surface area contributed by atoms with Crippen molar-refractivity contribution in [3.63, 3.8) is 0 Å². The lowest BCUT2D eigenvalue weighted by Crippen LogP contribution is -3.20. The Morgan fingerprint density at radius 2 is 1.83 bits per heavy atom. The van der Waals surface area contributed by atoms with Crippen molar-refractivity contribution >= 4 is 0 Å². The number of quaternary nitrogens is 1. The van der Waals surface area contributed by atoms with Crippen LogP contribution in [0.15, 0.2) is 18.2 Å². The van der Waals surface area contributed by atoms with Crippen LogP contribution in [0.25, 0.3) is 0 Å². The van der Waals surface area contributed by atoms with Crippen molar-refractivity contribution < 1.29 is 19.5 Å². The lowest BCUT2D eigenvalue weighted by atomic mass is 9.97. The fourth-order valence-corrected chi connectivity index (χ4v) is 3.56. The van der Waals surface area contributed by atoms with Crippen molar-refractivity contribution in [2.75, 3.05) is 26.4 Å². The molecule has 2 rings (SSSR count). The maximum atomic E-state index is 10.2. The van der Waals surface area contributed by atoms with Crippen LogP contribution in [0, 0.1) is 13.8 Å². The Morgan fingerprint density at radius 3 is 2.50 bits per heavy atom. The first-order valence-corrected chi connectivity index (χ1v) is 9.28. The van der Waals surface area contributed by atoms with Crippen LogP contribution < -0.4 is 9.64 Å². The zero-order chi connectivity index (χ0) is 17.5. The number of aliphatic hydroxyl groups is 1. The maximum absolute atomic E-state index is 10.2. The molecule has 2 N–H and O–H groups in total. The molecule has 1 heterocycles. The first-order chi connectivity index (χ1) is 11.5. The number of rotatable bonds is 8. The Kier molecular flexibility index (Phi) is 7.53. The van der Waals surface area contributed by atoms with Crippen LogP contribution in [0.2, 0.25) is 0 Å². The number of hydrogen-bond donors (Lipinski definition) is 2. The fourth-order valence-electron chi connectivity index (χ4n) is 3.56. The normalized spacial score (nSPS) is 25.5. The summed E-state index contributed by atoms with van der Waals surface area (Å²) in [5.41, 5.74) is 2.50. The molecule has 1 fully saturated rings.